The van der Waals surface area contributed by atoms with Gasteiger partial charge in [0.1, 0.15) is 5.70 Å². The fraction of sp³-hybridized carbons (Fsp3) is 0.714. The van der Waals surface area contributed by atoms with Gasteiger partial charge in [0.05, 0.1) is 17.9 Å². The number of carbonyl (C=O) groups is 2. The average molecular weight is 329 g/mol. The number of unbranched alkanes of at least 4 members (excludes halogenated alkanes) is 1. The zero-order chi connectivity index (χ0) is 15.8. The number of carbonyl (C=O) groups excluding carboxylic acids is 1. The van der Waals surface area contributed by atoms with Crippen LogP contribution in [0.4, 0.5) is 0 Å². The normalized spacial score (nSPS) is 23.1. The first kappa shape index (κ1) is 16.6. The molecular weight excluding hydrogens is 306 g/mol. The van der Waals surface area contributed by atoms with Crippen molar-refractivity contribution in [1.29, 1.82) is 0 Å². The van der Waals surface area contributed by atoms with Crippen molar-refractivity contribution >= 4 is 32.0 Å². The van der Waals surface area contributed by atoms with E-state index in [2.05, 4.69) is 20.0 Å². The molecule has 5 nitrogen and oxygen atoms in total. The van der Waals surface area contributed by atoms with Crippen LogP contribution in [-0.4, -0.2) is 41.7 Å². The smallest absolute Gasteiger partial charge is 0.353 e. The van der Waals surface area contributed by atoms with E-state index in [1.807, 2.05) is 6.92 Å². The van der Waals surface area contributed by atoms with E-state index in [0.29, 0.717) is 11.3 Å². The van der Waals surface area contributed by atoms with Gasteiger partial charge in [0.15, 0.2) is 8.32 Å². The SMILES string of the molecule is CCCC[Si](C)(C)OC(C)C1=C(C(=O)O)N2C(=O)C[C@H]2S1. The second kappa shape index (κ2) is 6.14. The van der Waals surface area contributed by atoms with Gasteiger partial charge in [0.2, 0.25) is 5.91 Å². The molecule has 1 unspecified atom stereocenters. The molecule has 2 heterocycles. The van der Waals surface area contributed by atoms with Gasteiger partial charge in [-0.15, -0.1) is 0 Å². The number of hydrogen-bond acceptors (Lipinski definition) is 4. The summed E-state index contributed by atoms with van der Waals surface area (Å²) in [5, 5.41) is 9.37. The highest BCUT2D eigenvalue weighted by Gasteiger charge is 2.49. The Kier molecular flexibility index (Phi) is 4.84. The third kappa shape index (κ3) is 3.35. The molecule has 1 amide bonds. The number of carboxylic acid groups (broad SMARTS) is 1. The fourth-order valence-corrected chi connectivity index (χ4v) is 6.63. The number of carboxylic acids is 1. The summed E-state index contributed by atoms with van der Waals surface area (Å²) in [6.07, 6.45) is 2.44. The minimum atomic E-state index is -1.80. The molecule has 0 aromatic heterocycles. The molecule has 1 saturated heterocycles. The van der Waals surface area contributed by atoms with Gasteiger partial charge in [0, 0.05) is 4.91 Å². The van der Waals surface area contributed by atoms with E-state index in [1.165, 1.54) is 16.7 Å². The van der Waals surface area contributed by atoms with E-state index < -0.39 is 14.3 Å². The maximum absolute atomic E-state index is 11.6. The van der Waals surface area contributed by atoms with Crippen LogP contribution in [0.5, 0.6) is 0 Å². The number of aliphatic carboxylic acids is 1. The van der Waals surface area contributed by atoms with Gasteiger partial charge in [-0.3, -0.25) is 9.69 Å². The Bertz CT molecular complexity index is 491. The first-order valence-electron chi connectivity index (χ1n) is 7.41. The van der Waals surface area contributed by atoms with Gasteiger partial charge >= 0.3 is 5.97 Å². The Hall–Kier alpha value is -0.793. The molecule has 2 atom stereocenters. The predicted molar refractivity (Wildman–Crippen MR) is 85.2 cm³/mol. The molecule has 1 N–H and O–H groups in total. The monoisotopic (exact) mass is 329 g/mol. The van der Waals surface area contributed by atoms with Crippen LogP contribution in [-0.2, 0) is 14.0 Å². The molecule has 2 aliphatic rings. The van der Waals surface area contributed by atoms with Crippen molar-refractivity contribution in [2.24, 2.45) is 0 Å². The Morgan fingerprint density at radius 2 is 2.24 bits per heavy atom. The standard InChI is InChI=1S/C14H23NO4SSi/c1-5-6-7-21(3,4)19-9(2)13-12(14(17)18)15-10(16)8-11(15)20-13/h9,11H,5-8H2,1-4H3,(H,17,18)/t9?,11-/m1/s1. The number of nitrogens with zero attached hydrogens (tertiary/aromatic N) is 1. The quantitative estimate of drug-likeness (QED) is 0.574. The van der Waals surface area contributed by atoms with Crippen LogP contribution in [0.2, 0.25) is 19.1 Å². The number of thioether (sulfide) groups is 1. The second-order valence-electron chi connectivity index (χ2n) is 6.18. The fourth-order valence-electron chi connectivity index (χ4n) is 2.76. The molecule has 1 fully saturated rings. The summed E-state index contributed by atoms with van der Waals surface area (Å²) in [6.45, 7) is 8.39. The molecule has 2 aliphatic heterocycles. The largest absolute Gasteiger partial charge is 0.477 e. The third-order valence-corrected chi connectivity index (χ3v) is 7.82. The van der Waals surface area contributed by atoms with Crippen LogP contribution >= 0.6 is 11.8 Å². The lowest BCUT2D eigenvalue weighted by Crippen LogP contribution is -2.48. The summed E-state index contributed by atoms with van der Waals surface area (Å²) >= 11 is 1.47. The third-order valence-electron chi connectivity index (χ3n) is 3.84. The number of fused-ring (bicyclic) bond motifs is 1. The minimum absolute atomic E-state index is 0.0370. The van der Waals surface area contributed by atoms with E-state index in [4.69, 9.17) is 4.43 Å². The van der Waals surface area contributed by atoms with Crippen molar-refractivity contribution in [1.82, 2.24) is 4.90 Å². The Labute approximate surface area is 130 Å². The first-order valence-corrected chi connectivity index (χ1v) is 11.4. The molecule has 0 aliphatic carbocycles. The topological polar surface area (TPSA) is 66.8 Å². The molecule has 0 aromatic rings. The van der Waals surface area contributed by atoms with E-state index in [9.17, 15) is 14.7 Å². The zero-order valence-corrected chi connectivity index (χ0v) is 14.8. The minimum Gasteiger partial charge on any atom is -0.477 e. The van der Waals surface area contributed by atoms with Crippen molar-refractivity contribution < 1.29 is 19.1 Å². The van der Waals surface area contributed by atoms with Gasteiger partial charge in [-0.1, -0.05) is 31.5 Å². The Balaban J connectivity index is 2.13. The number of hydrogen-bond donors (Lipinski definition) is 1. The molecule has 0 bridgehead atoms. The molecule has 0 aromatic carbocycles. The molecule has 118 valence electrons. The lowest BCUT2D eigenvalue weighted by atomic mass is 10.1. The molecule has 0 radical (unpaired) electrons. The van der Waals surface area contributed by atoms with Crippen LogP contribution in [0.3, 0.4) is 0 Å². The van der Waals surface area contributed by atoms with Crippen molar-refractivity contribution in [2.75, 3.05) is 0 Å². The lowest BCUT2D eigenvalue weighted by Gasteiger charge is -2.33. The summed E-state index contributed by atoms with van der Waals surface area (Å²) in [5.41, 5.74) is 0.133. The van der Waals surface area contributed by atoms with E-state index >= 15 is 0 Å². The van der Waals surface area contributed by atoms with Gasteiger partial charge < -0.3 is 9.53 Å². The van der Waals surface area contributed by atoms with Crippen LogP contribution in [0.1, 0.15) is 33.1 Å². The lowest BCUT2D eigenvalue weighted by molar-refractivity contribution is -0.145. The maximum atomic E-state index is 11.6. The zero-order valence-electron chi connectivity index (χ0n) is 13.0. The van der Waals surface area contributed by atoms with Gasteiger partial charge in [-0.25, -0.2) is 4.79 Å². The summed E-state index contributed by atoms with van der Waals surface area (Å²) < 4.78 is 6.22. The highest BCUT2D eigenvalue weighted by atomic mass is 32.2. The van der Waals surface area contributed by atoms with Crippen LogP contribution in [0.25, 0.3) is 0 Å². The van der Waals surface area contributed by atoms with Gasteiger partial charge in [-0.05, 0) is 26.1 Å². The summed E-state index contributed by atoms with van der Waals surface area (Å²) in [4.78, 5) is 25.2. The predicted octanol–water partition coefficient (Wildman–Crippen LogP) is 3.00. The first-order chi connectivity index (χ1) is 9.76. The summed E-state index contributed by atoms with van der Waals surface area (Å²) in [5.74, 6) is -1.13. The number of rotatable bonds is 7. The number of amides is 1. The maximum Gasteiger partial charge on any atom is 0.353 e. The van der Waals surface area contributed by atoms with E-state index in [1.54, 1.807) is 0 Å². The van der Waals surface area contributed by atoms with Crippen molar-refractivity contribution in [3.63, 3.8) is 0 Å². The van der Waals surface area contributed by atoms with Crippen LogP contribution in [0, 0.1) is 0 Å². The highest BCUT2D eigenvalue weighted by Crippen LogP contribution is 2.48. The van der Waals surface area contributed by atoms with Crippen LogP contribution in [0.15, 0.2) is 10.6 Å². The molecular formula is C14H23NO4SSi. The van der Waals surface area contributed by atoms with E-state index in [0.717, 1.165) is 18.9 Å². The Morgan fingerprint density at radius 3 is 2.76 bits per heavy atom. The van der Waals surface area contributed by atoms with Crippen molar-refractivity contribution in [3.8, 4) is 0 Å². The molecule has 7 heteroatoms. The number of β-lactam (4-membered cyclic amide) rings is 1. The van der Waals surface area contributed by atoms with Crippen molar-refractivity contribution in [3.05, 3.63) is 10.6 Å². The Morgan fingerprint density at radius 1 is 1.57 bits per heavy atom. The molecule has 0 spiro atoms. The van der Waals surface area contributed by atoms with Gasteiger partial charge in [0.25, 0.3) is 0 Å². The second-order valence-corrected chi connectivity index (χ2v) is 11.7. The van der Waals surface area contributed by atoms with Crippen LogP contribution < -0.4 is 0 Å². The molecule has 0 saturated carbocycles. The highest BCUT2D eigenvalue weighted by molar-refractivity contribution is 8.04. The molecule has 2 rings (SSSR count). The van der Waals surface area contributed by atoms with Crippen molar-refractivity contribution in [2.45, 2.75) is 63.7 Å². The summed E-state index contributed by atoms with van der Waals surface area (Å²) in [6, 6.07) is 1.07. The molecule has 21 heavy (non-hydrogen) atoms. The average Bonchev–Trinajstić information content (AvgIpc) is 2.69. The summed E-state index contributed by atoms with van der Waals surface area (Å²) in [7, 11) is -1.80. The van der Waals surface area contributed by atoms with Gasteiger partial charge in [-0.2, -0.15) is 0 Å². The van der Waals surface area contributed by atoms with E-state index in [-0.39, 0.29) is 23.1 Å².